The predicted octanol–water partition coefficient (Wildman–Crippen LogP) is 3.55. The highest BCUT2D eigenvalue weighted by molar-refractivity contribution is 5.77. The average molecular weight is 288 g/mol. The van der Waals surface area contributed by atoms with Crippen molar-refractivity contribution in [3.8, 4) is 5.75 Å². The van der Waals surface area contributed by atoms with E-state index in [2.05, 4.69) is 29.5 Å². The Balaban J connectivity index is 1.72. The van der Waals surface area contributed by atoms with Crippen molar-refractivity contribution in [1.29, 1.82) is 0 Å². The summed E-state index contributed by atoms with van der Waals surface area (Å²) in [4.78, 5) is 4.47. The van der Waals surface area contributed by atoms with Gasteiger partial charge in [0.05, 0.1) is 29.6 Å². The van der Waals surface area contributed by atoms with Gasteiger partial charge in [-0.1, -0.05) is 13.8 Å². The average Bonchev–Trinajstić information content (AvgIpc) is 2.78. The molecule has 0 atom stereocenters. The summed E-state index contributed by atoms with van der Waals surface area (Å²) >= 11 is 0. The third kappa shape index (κ3) is 3.05. The molecule has 0 aliphatic heterocycles. The molecule has 114 valence electrons. The van der Waals surface area contributed by atoms with E-state index in [1.54, 1.807) is 0 Å². The first kappa shape index (κ1) is 14.4. The number of fused-ring (bicyclic) bond motifs is 1. The van der Waals surface area contributed by atoms with E-state index in [-0.39, 0.29) is 0 Å². The Bertz CT molecular complexity index is 623. The van der Waals surface area contributed by atoms with Gasteiger partial charge in [0.2, 0.25) is 0 Å². The highest BCUT2D eigenvalue weighted by Gasteiger charge is 2.39. The maximum atomic E-state index is 9.89. The molecule has 4 nitrogen and oxygen atoms in total. The van der Waals surface area contributed by atoms with Gasteiger partial charge in [0, 0.05) is 12.1 Å². The van der Waals surface area contributed by atoms with Gasteiger partial charge in [-0.15, -0.1) is 0 Å². The molecule has 0 unspecified atom stereocenters. The second kappa shape index (κ2) is 5.34. The molecule has 21 heavy (non-hydrogen) atoms. The molecule has 4 heteroatoms. The molecule has 1 aliphatic carbocycles. The molecule has 1 saturated carbocycles. The molecule has 1 heterocycles. The minimum absolute atomic E-state index is 0.359. The van der Waals surface area contributed by atoms with Crippen LogP contribution in [-0.2, 0) is 0 Å². The van der Waals surface area contributed by atoms with Gasteiger partial charge in [-0.2, -0.15) is 0 Å². The van der Waals surface area contributed by atoms with Gasteiger partial charge in [-0.25, -0.2) is 4.98 Å². The molecule has 0 spiro atoms. The van der Waals surface area contributed by atoms with E-state index < -0.39 is 5.60 Å². The number of hydrogen-bond donors (Lipinski definition) is 1. The van der Waals surface area contributed by atoms with Crippen molar-refractivity contribution >= 4 is 11.0 Å². The fourth-order valence-electron chi connectivity index (χ4n) is 2.96. The Kier molecular flexibility index (Phi) is 3.66. The number of imidazole rings is 1. The second-order valence-corrected chi connectivity index (χ2v) is 6.89. The number of benzene rings is 1. The molecular formula is C17H24N2O2. The minimum Gasteiger partial charge on any atom is -0.494 e. The van der Waals surface area contributed by atoms with Crippen molar-refractivity contribution in [1.82, 2.24) is 9.55 Å². The van der Waals surface area contributed by atoms with Crippen LogP contribution in [0.4, 0.5) is 0 Å². The molecule has 0 saturated heterocycles. The van der Waals surface area contributed by atoms with E-state index in [1.165, 1.54) is 0 Å². The Labute approximate surface area is 125 Å². The lowest BCUT2D eigenvalue weighted by molar-refractivity contribution is -0.0498. The van der Waals surface area contributed by atoms with Crippen LogP contribution in [0.15, 0.2) is 24.5 Å². The van der Waals surface area contributed by atoms with Crippen LogP contribution in [0.1, 0.15) is 46.1 Å². The van der Waals surface area contributed by atoms with Crippen molar-refractivity contribution < 1.29 is 9.84 Å². The van der Waals surface area contributed by atoms with Gasteiger partial charge >= 0.3 is 0 Å². The Morgan fingerprint density at radius 2 is 2.19 bits per heavy atom. The maximum absolute atomic E-state index is 9.89. The monoisotopic (exact) mass is 288 g/mol. The highest BCUT2D eigenvalue weighted by atomic mass is 16.5. The fourth-order valence-corrected chi connectivity index (χ4v) is 2.96. The Hall–Kier alpha value is -1.55. The largest absolute Gasteiger partial charge is 0.494 e. The number of aliphatic hydroxyl groups is 1. The van der Waals surface area contributed by atoms with Gasteiger partial charge < -0.3 is 14.4 Å². The summed E-state index contributed by atoms with van der Waals surface area (Å²) in [6.07, 6.45) is 4.53. The van der Waals surface area contributed by atoms with Crippen molar-refractivity contribution in [3.05, 3.63) is 24.5 Å². The molecule has 0 radical (unpaired) electrons. The number of nitrogens with zero attached hydrogens (tertiary/aromatic N) is 2. The first-order valence-corrected chi connectivity index (χ1v) is 7.76. The summed E-state index contributed by atoms with van der Waals surface area (Å²) < 4.78 is 7.95. The van der Waals surface area contributed by atoms with Crippen LogP contribution in [0.2, 0.25) is 0 Å². The van der Waals surface area contributed by atoms with Crippen molar-refractivity contribution in [2.24, 2.45) is 5.92 Å². The van der Waals surface area contributed by atoms with Crippen LogP contribution in [-0.4, -0.2) is 26.9 Å². The molecule has 2 aromatic rings. The third-order valence-electron chi connectivity index (χ3n) is 4.25. The van der Waals surface area contributed by atoms with Crippen LogP contribution < -0.4 is 4.74 Å². The SMILES string of the molecule is CC(C)CCOc1ccc2c(c1)ncn2[C@H]1C[C@@](C)(O)C1. The zero-order chi connectivity index (χ0) is 15.0. The first-order chi connectivity index (χ1) is 9.94. The smallest absolute Gasteiger partial charge is 0.121 e. The number of rotatable bonds is 5. The topological polar surface area (TPSA) is 47.3 Å². The van der Waals surface area contributed by atoms with Crippen LogP contribution in [0.25, 0.3) is 11.0 Å². The summed E-state index contributed by atoms with van der Waals surface area (Å²) in [6, 6.07) is 6.44. The minimum atomic E-state index is -0.513. The van der Waals surface area contributed by atoms with Gasteiger partial charge in [0.25, 0.3) is 0 Å². The first-order valence-electron chi connectivity index (χ1n) is 7.76. The number of hydrogen-bond acceptors (Lipinski definition) is 3. The van der Waals surface area contributed by atoms with E-state index in [1.807, 2.05) is 25.4 Å². The van der Waals surface area contributed by atoms with Gasteiger partial charge in [0.15, 0.2) is 0 Å². The summed E-state index contributed by atoms with van der Waals surface area (Å²) in [7, 11) is 0. The van der Waals surface area contributed by atoms with Crippen LogP contribution >= 0.6 is 0 Å². The molecule has 1 aromatic heterocycles. The normalized spacial score (nSPS) is 25.3. The third-order valence-corrected chi connectivity index (χ3v) is 4.25. The van der Waals surface area contributed by atoms with E-state index in [0.29, 0.717) is 12.0 Å². The summed E-state index contributed by atoms with van der Waals surface area (Å²) in [6.45, 7) is 7.03. The maximum Gasteiger partial charge on any atom is 0.121 e. The van der Waals surface area contributed by atoms with Gasteiger partial charge in [-0.05, 0) is 44.2 Å². The molecule has 3 rings (SSSR count). The second-order valence-electron chi connectivity index (χ2n) is 6.89. The lowest BCUT2D eigenvalue weighted by Crippen LogP contribution is -2.41. The standard InChI is InChI=1S/C17H24N2O2/c1-12(2)6-7-21-14-4-5-16-15(8-14)18-11-19(16)13-9-17(3,20)10-13/h4-5,8,11-13,20H,6-7,9-10H2,1-3H3/t13-,17+. The van der Waals surface area contributed by atoms with Gasteiger partial charge in [-0.3, -0.25) is 0 Å². The number of ether oxygens (including phenoxy) is 1. The van der Waals surface area contributed by atoms with Crippen LogP contribution in [0, 0.1) is 5.92 Å². The lowest BCUT2D eigenvalue weighted by atomic mass is 9.77. The zero-order valence-corrected chi connectivity index (χ0v) is 13.0. The lowest BCUT2D eigenvalue weighted by Gasteiger charge is -2.41. The molecule has 1 N–H and O–H groups in total. The van der Waals surface area contributed by atoms with Crippen molar-refractivity contribution in [2.75, 3.05) is 6.61 Å². The Morgan fingerprint density at radius 3 is 2.86 bits per heavy atom. The zero-order valence-electron chi connectivity index (χ0n) is 13.0. The highest BCUT2D eigenvalue weighted by Crippen LogP contribution is 2.42. The molecule has 1 fully saturated rings. The Morgan fingerprint density at radius 1 is 1.43 bits per heavy atom. The van der Waals surface area contributed by atoms with Crippen molar-refractivity contribution in [3.63, 3.8) is 0 Å². The number of aromatic nitrogens is 2. The van der Waals surface area contributed by atoms with Crippen LogP contribution in [0.5, 0.6) is 5.75 Å². The quantitative estimate of drug-likeness (QED) is 0.915. The van der Waals surface area contributed by atoms with E-state index in [4.69, 9.17) is 4.74 Å². The summed E-state index contributed by atoms with van der Waals surface area (Å²) in [5.41, 5.74) is 1.57. The van der Waals surface area contributed by atoms with E-state index in [0.717, 1.165) is 42.7 Å². The molecule has 1 aliphatic rings. The van der Waals surface area contributed by atoms with Crippen LogP contribution in [0.3, 0.4) is 0 Å². The van der Waals surface area contributed by atoms with Crippen molar-refractivity contribution in [2.45, 2.75) is 51.7 Å². The fraction of sp³-hybridized carbons (Fsp3) is 0.588. The van der Waals surface area contributed by atoms with Gasteiger partial charge in [0.1, 0.15) is 5.75 Å². The summed E-state index contributed by atoms with van der Waals surface area (Å²) in [5.74, 6) is 1.54. The molecule has 0 amide bonds. The summed E-state index contributed by atoms with van der Waals surface area (Å²) in [5, 5.41) is 9.89. The predicted molar refractivity (Wildman–Crippen MR) is 83.6 cm³/mol. The van der Waals surface area contributed by atoms with E-state index >= 15 is 0 Å². The molecular weight excluding hydrogens is 264 g/mol. The molecule has 1 aromatic carbocycles. The molecule has 0 bridgehead atoms. The van der Waals surface area contributed by atoms with E-state index in [9.17, 15) is 5.11 Å².